The second-order valence-corrected chi connectivity index (χ2v) is 6.81. The van der Waals surface area contributed by atoms with Gasteiger partial charge in [-0.1, -0.05) is 68.7 Å². The fourth-order valence-corrected chi connectivity index (χ4v) is 4.03. The van der Waals surface area contributed by atoms with Gasteiger partial charge in [-0.05, 0) is 42.1 Å². The average molecular weight is 325 g/mol. The third-order valence-electron chi connectivity index (χ3n) is 5.24. The van der Waals surface area contributed by atoms with E-state index >= 15 is 0 Å². The van der Waals surface area contributed by atoms with Crippen molar-refractivity contribution in [1.82, 2.24) is 4.90 Å². The van der Waals surface area contributed by atoms with Crippen molar-refractivity contribution >= 4 is 16.7 Å². The highest BCUT2D eigenvalue weighted by Crippen LogP contribution is 2.36. The van der Waals surface area contributed by atoms with Crippen LogP contribution >= 0.6 is 0 Å². The molecule has 1 saturated heterocycles. The van der Waals surface area contributed by atoms with Crippen molar-refractivity contribution in [2.45, 2.75) is 57.5 Å². The molecular formula is C21H27NO2. The highest BCUT2D eigenvalue weighted by atomic mass is 16.4. The minimum absolute atomic E-state index is 0.192. The van der Waals surface area contributed by atoms with E-state index in [0.717, 1.165) is 45.1 Å². The van der Waals surface area contributed by atoms with Gasteiger partial charge in [0.1, 0.15) is 6.04 Å². The third-order valence-corrected chi connectivity index (χ3v) is 5.24. The Morgan fingerprint density at radius 3 is 2.79 bits per heavy atom. The van der Waals surface area contributed by atoms with Crippen molar-refractivity contribution in [2.75, 3.05) is 6.54 Å². The topological polar surface area (TPSA) is 40.5 Å². The molecular weight excluding hydrogens is 298 g/mol. The second kappa shape index (κ2) is 7.80. The Morgan fingerprint density at radius 2 is 2.00 bits per heavy atom. The predicted octanol–water partition coefficient (Wildman–Crippen LogP) is 5.01. The smallest absolute Gasteiger partial charge is 0.320 e. The molecule has 1 N–H and O–H groups in total. The predicted molar refractivity (Wildman–Crippen MR) is 98.2 cm³/mol. The largest absolute Gasteiger partial charge is 0.480 e. The summed E-state index contributed by atoms with van der Waals surface area (Å²) in [4.78, 5) is 14.0. The molecule has 1 fully saturated rings. The maximum absolute atomic E-state index is 11.8. The first-order chi connectivity index (χ1) is 11.7. The first-order valence-corrected chi connectivity index (χ1v) is 9.18. The summed E-state index contributed by atoms with van der Waals surface area (Å²) >= 11 is 0. The number of fused-ring (bicyclic) bond motifs is 1. The highest BCUT2D eigenvalue weighted by molar-refractivity contribution is 5.86. The molecule has 3 rings (SSSR count). The van der Waals surface area contributed by atoms with Crippen LogP contribution in [0.25, 0.3) is 10.8 Å². The Hall–Kier alpha value is -1.87. The molecule has 0 saturated carbocycles. The molecule has 1 aliphatic heterocycles. The van der Waals surface area contributed by atoms with Gasteiger partial charge in [-0.3, -0.25) is 9.69 Å². The number of piperidine rings is 1. The first kappa shape index (κ1) is 17.0. The van der Waals surface area contributed by atoms with Crippen LogP contribution in [0.1, 0.15) is 57.1 Å². The number of hydrogen-bond donors (Lipinski definition) is 1. The van der Waals surface area contributed by atoms with Crippen LogP contribution in [0.4, 0.5) is 0 Å². The van der Waals surface area contributed by atoms with Gasteiger partial charge >= 0.3 is 5.97 Å². The van der Waals surface area contributed by atoms with Crippen LogP contribution < -0.4 is 0 Å². The molecule has 3 heteroatoms. The monoisotopic (exact) mass is 325 g/mol. The fourth-order valence-electron chi connectivity index (χ4n) is 4.03. The van der Waals surface area contributed by atoms with Gasteiger partial charge in [0.25, 0.3) is 0 Å². The molecule has 0 aromatic heterocycles. The lowest BCUT2D eigenvalue weighted by Crippen LogP contribution is -2.46. The Labute approximate surface area is 144 Å². The normalized spacial score (nSPS) is 20.1. The maximum Gasteiger partial charge on any atom is 0.320 e. The summed E-state index contributed by atoms with van der Waals surface area (Å²) in [5, 5.41) is 12.2. The van der Waals surface area contributed by atoms with Gasteiger partial charge in [0.2, 0.25) is 0 Å². The number of rotatable bonds is 6. The quantitative estimate of drug-likeness (QED) is 0.811. The summed E-state index contributed by atoms with van der Waals surface area (Å²) in [6, 6.07) is 14.7. The summed E-state index contributed by atoms with van der Waals surface area (Å²) in [5.41, 5.74) is 1.29. The molecule has 1 aliphatic rings. The Bertz CT molecular complexity index is 692. The first-order valence-electron chi connectivity index (χ1n) is 9.18. The van der Waals surface area contributed by atoms with Crippen LogP contribution in [0.3, 0.4) is 0 Å². The van der Waals surface area contributed by atoms with E-state index in [1.165, 1.54) is 16.3 Å². The van der Waals surface area contributed by atoms with Gasteiger partial charge in [-0.15, -0.1) is 0 Å². The number of carbonyl (C=O) groups is 1. The van der Waals surface area contributed by atoms with Crippen LogP contribution in [-0.2, 0) is 4.79 Å². The number of nitrogens with zero attached hydrogens (tertiary/aromatic N) is 1. The molecule has 2 atom stereocenters. The minimum Gasteiger partial charge on any atom is -0.480 e. The van der Waals surface area contributed by atoms with E-state index in [9.17, 15) is 9.90 Å². The van der Waals surface area contributed by atoms with Gasteiger partial charge < -0.3 is 5.11 Å². The number of aliphatic carboxylic acids is 1. The molecule has 0 amide bonds. The maximum atomic E-state index is 11.8. The zero-order valence-electron chi connectivity index (χ0n) is 14.4. The number of likely N-dealkylation sites (tertiary alicyclic amines) is 1. The summed E-state index contributed by atoms with van der Waals surface area (Å²) in [6.45, 7) is 3.08. The summed E-state index contributed by atoms with van der Waals surface area (Å²) in [5.74, 6) is -0.670. The fraction of sp³-hybridized carbons (Fsp3) is 0.476. The van der Waals surface area contributed by atoms with Crippen molar-refractivity contribution in [3.63, 3.8) is 0 Å². The van der Waals surface area contributed by atoms with Gasteiger partial charge in [0.15, 0.2) is 0 Å². The molecule has 0 aliphatic carbocycles. The summed E-state index contributed by atoms with van der Waals surface area (Å²) < 4.78 is 0. The number of hydrogen-bond acceptors (Lipinski definition) is 2. The van der Waals surface area contributed by atoms with Crippen LogP contribution in [0, 0.1) is 0 Å². The van der Waals surface area contributed by atoms with E-state index in [1.54, 1.807) is 0 Å². The molecule has 2 unspecified atom stereocenters. The standard InChI is InChI=1S/C21H27NO2/c1-2-3-13-19(22-15-7-6-14-20(22)21(23)24)18-12-8-10-16-9-4-5-11-17(16)18/h4-5,8-12,19-20H,2-3,6-7,13-15H2,1H3,(H,23,24). The van der Waals surface area contributed by atoms with Gasteiger partial charge in [0.05, 0.1) is 0 Å². The average Bonchev–Trinajstić information content (AvgIpc) is 2.62. The van der Waals surface area contributed by atoms with E-state index in [-0.39, 0.29) is 12.1 Å². The lowest BCUT2D eigenvalue weighted by atomic mass is 9.90. The third kappa shape index (κ3) is 3.46. The number of unbranched alkanes of at least 4 members (excludes halogenated alkanes) is 1. The molecule has 1 heterocycles. The van der Waals surface area contributed by atoms with E-state index in [4.69, 9.17) is 0 Å². The second-order valence-electron chi connectivity index (χ2n) is 6.81. The summed E-state index contributed by atoms with van der Waals surface area (Å²) in [7, 11) is 0. The number of benzene rings is 2. The SMILES string of the molecule is CCCCC(c1cccc2ccccc12)N1CCCCC1C(=O)O. The molecule has 2 aromatic rings. The van der Waals surface area contributed by atoms with Crippen LogP contribution in [0.15, 0.2) is 42.5 Å². The van der Waals surface area contributed by atoms with Crippen molar-refractivity contribution in [1.29, 1.82) is 0 Å². The van der Waals surface area contributed by atoms with Crippen molar-refractivity contribution < 1.29 is 9.90 Å². The van der Waals surface area contributed by atoms with Crippen LogP contribution in [0.2, 0.25) is 0 Å². The van der Waals surface area contributed by atoms with Crippen molar-refractivity contribution in [3.05, 3.63) is 48.0 Å². The molecule has 2 aromatic carbocycles. The zero-order chi connectivity index (χ0) is 16.9. The Morgan fingerprint density at radius 1 is 1.21 bits per heavy atom. The molecule has 3 nitrogen and oxygen atoms in total. The molecule has 0 spiro atoms. The van der Waals surface area contributed by atoms with E-state index in [1.807, 2.05) is 0 Å². The van der Waals surface area contributed by atoms with E-state index < -0.39 is 5.97 Å². The van der Waals surface area contributed by atoms with Gasteiger partial charge in [0, 0.05) is 6.04 Å². The molecule has 0 radical (unpaired) electrons. The summed E-state index contributed by atoms with van der Waals surface area (Å²) in [6.07, 6.45) is 6.15. The minimum atomic E-state index is -0.670. The molecule has 24 heavy (non-hydrogen) atoms. The lowest BCUT2D eigenvalue weighted by Gasteiger charge is -2.40. The number of carboxylic acid groups (broad SMARTS) is 1. The van der Waals surface area contributed by atoms with Gasteiger partial charge in [-0.2, -0.15) is 0 Å². The van der Waals surface area contributed by atoms with E-state index in [2.05, 4.69) is 54.3 Å². The van der Waals surface area contributed by atoms with Crippen LogP contribution in [0.5, 0.6) is 0 Å². The Kier molecular flexibility index (Phi) is 5.52. The number of carboxylic acids is 1. The zero-order valence-corrected chi connectivity index (χ0v) is 14.4. The Balaban J connectivity index is 2.03. The lowest BCUT2D eigenvalue weighted by molar-refractivity contribution is -0.146. The van der Waals surface area contributed by atoms with Crippen LogP contribution in [-0.4, -0.2) is 28.6 Å². The van der Waals surface area contributed by atoms with E-state index in [0.29, 0.717) is 0 Å². The highest BCUT2D eigenvalue weighted by Gasteiger charge is 2.34. The molecule has 128 valence electrons. The van der Waals surface area contributed by atoms with Crippen molar-refractivity contribution in [3.8, 4) is 0 Å². The van der Waals surface area contributed by atoms with Crippen molar-refractivity contribution in [2.24, 2.45) is 0 Å². The molecule has 0 bridgehead atoms. The van der Waals surface area contributed by atoms with Gasteiger partial charge in [-0.25, -0.2) is 0 Å².